The number of nitrogens with zero attached hydrogens (tertiary/aromatic N) is 2. The Balaban J connectivity index is 0.00000121. The Labute approximate surface area is 76.7 Å². The topological polar surface area (TPSA) is 84.3 Å². The van der Waals surface area contributed by atoms with E-state index in [9.17, 15) is 0 Å². The Hall–Kier alpha value is -0.555. The lowest BCUT2D eigenvalue weighted by molar-refractivity contribution is 0.425. The van der Waals surface area contributed by atoms with Gasteiger partial charge in [0.05, 0.1) is 6.54 Å². The third-order valence-corrected chi connectivity index (χ3v) is 1.31. The smallest absolute Gasteiger partial charge is 0.423 e. The van der Waals surface area contributed by atoms with Crippen LogP contribution in [0.3, 0.4) is 0 Å². The van der Waals surface area contributed by atoms with E-state index in [0.29, 0.717) is 18.6 Å². The van der Waals surface area contributed by atoms with E-state index in [1.807, 2.05) is 0 Å². The molecule has 1 rings (SSSR count). The van der Waals surface area contributed by atoms with Crippen LogP contribution in [0.1, 0.15) is 0 Å². The minimum atomic E-state index is -1.44. The van der Waals surface area contributed by atoms with Crippen LogP contribution in [0.25, 0.3) is 0 Å². The first kappa shape index (κ1) is 11.4. The van der Waals surface area contributed by atoms with Crippen molar-refractivity contribution in [2.24, 2.45) is 5.73 Å². The Morgan fingerprint density at radius 3 is 2.67 bits per heavy atom. The highest BCUT2D eigenvalue weighted by Gasteiger charge is 2.12. The minimum Gasteiger partial charge on any atom is -0.423 e. The fraction of sp³-hybridized carbons (Fsp3) is 0.400. The molecule has 1 aromatic rings. The highest BCUT2D eigenvalue weighted by molar-refractivity contribution is 6.58. The van der Waals surface area contributed by atoms with E-state index in [1.165, 1.54) is 6.20 Å². The average molecular weight is 191 g/mol. The number of rotatable bonds is 3. The van der Waals surface area contributed by atoms with Crippen molar-refractivity contribution < 1.29 is 10.0 Å². The second-order valence-corrected chi connectivity index (χ2v) is 2.20. The summed E-state index contributed by atoms with van der Waals surface area (Å²) in [5.41, 5.74) is 5.65. The first-order valence-electron chi connectivity index (χ1n) is 3.32. The molecule has 12 heavy (non-hydrogen) atoms. The molecule has 1 heterocycles. The lowest BCUT2D eigenvalue weighted by Crippen LogP contribution is -2.28. The first-order chi connectivity index (χ1) is 5.24. The van der Waals surface area contributed by atoms with E-state index in [4.69, 9.17) is 15.8 Å². The SMILES string of the molecule is Cl.NCCn1cc(B(O)O)cn1. The molecular weight excluding hydrogens is 180 g/mol. The fourth-order valence-electron chi connectivity index (χ4n) is 0.767. The molecule has 5 nitrogen and oxygen atoms in total. The molecule has 0 amide bonds. The van der Waals surface area contributed by atoms with Gasteiger partial charge in [-0.3, -0.25) is 4.68 Å². The number of aromatic nitrogens is 2. The molecule has 0 unspecified atom stereocenters. The second kappa shape index (κ2) is 5.15. The van der Waals surface area contributed by atoms with Gasteiger partial charge in [0.15, 0.2) is 0 Å². The predicted molar refractivity (Wildman–Crippen MR) is 48.4 cm³/mol. The summed E-state index contributed by atoms with van der Waals surface area (Å²) in [6, 6.07) is 0. The standard InChI is InChI=1S/C5H10BN3O2.ClH/c7-1-2-9-4-5(3-8-9)6(10)11;/h3-4,10-11H,1-2,7H2;1H. The maximum atomic E-state index is 8.68. The number of nitrogens with two attached hydrogens (primary N) is 1. The molecule has 0 saturated carbocycles. The third-order valence-electron chi connectivity index (χ3n) is 1.31. The number of halogens is 1. The first-order valence-corrected chi connectivity index (χ1v) is 3.32. The van der Waals surface area contributed by atoms with Crippen LogP contribution in [0, 0.1) is 0 Å². The molecule has 0 radical (unpaired) electrons. The van der Waals surface area contributed by atoms with Gasteiger partial charge in [0.2, 0.25) is 0 Å². The summed E-state index contributed by atoms with van der Waals surface area (Å²) in [5, 5.41) is 21.2. The van der Waals surface area contributed by atoms with E-state index >= 15 is 0 Å². The van der Waals surface area contributed by atoms with Crippen molar-refractivity contribution >= 4 is 25.0 Å². The summed E-state index contributed by atoms with van der Waals surface area (Å²) in [4.78, 5) is 0. The molecule has 0 spiro atoms. The van der Waals surface area contributed by atoms with Crippen molar-refractivity contribution in [2.75, 3.05) is 6.54 Å². The van der Waals surface area contributed by atoms with Gasteiger partial charge < -0.3 is 15.8 Å². The zero-order chi connectivity index (χ0) is 8.27. The van der Waals surface area contributed by atoms with Gasteiger partial charge in [0.25, 0.3) is 0 Å². The van der Waals surface area contributed by atoms with Crippen molar-refractivity contribution in [3.05, 3.63) is 12.4 Å². The van der Waals surface area contributed by atoms with E-state index in [2.05, 4.69) is 5.10 Å². The summed E-state index contributed by atoms with van der Waals surface area (Å²) in [6.07, 6.45) is 2.96. The van der Waals surface area contributed by atoms with Crippen LogP contribution in [0.2, 0.25) is 0 Å². The van der Waals surface area contributed by atoms with Crippen LogP contribution in [0.15, 0.2) is 12.4 Å². The molecule has 68 valence electrons. The maximum Gasteiger partial charge on any atom is 0.491 e. The molecule has 1 aromatic heterocycles. The summed E-state index contributed by atoms with van der Waals surface area (Å²) < 4.78 is 1.56. The largest absolute Gasteiger partial charge is 0.491 e. The van der Waals surface area contributed by atoms with Gasteiger partial charge in [0, 0.05) is 24.4 Å². The quantitative estimate of drug-likeness (QED) is 0.480. The van der Waals surface area contributed by atoms with Gasteiger partial charge in [-0.25, -0.2) is 0 Å². The average Bonchev–Trinajstić information content (AvgIpc) is 2.37. The molecule has 0 fully saturated rings. The van der Waals surface area contributed by atoms with Crippen molar-refractivity contribution in [1.29, 1.82) is 0 Å². The highest BCUT2D eigenvalue weighted by atomic mass is 35.5. The maximum absolute atomic E-state index is 8.68. The van der Waals surface area contributed by atoms with E-state index in [1.54, 1.807) is 10.9 Å². The van der Waals surface area contributed by atoms with Crippen molar-refractivity contribution in [3.63, 3.8) is 0 Å². The minimum absolute atomic E-state index is 0. The van der Waals surface area contributed by atoms with Crippen LogP contribution in [0.4, 0.5) is 0 Å². The molecular formula is C5H11BClN3O2. The Morgan fingerprint density at radius 2 is 2.25 bits per heavy atom. The summed E-state index contributed by atoms with van der Waals surface area (Å²) in [5.74, 6) is 0. The van der Waals surface area contributed by atoms with Gasteiger partial charge >= 0.3 is 7.12 Å². The predicted octanol–water partition coefficient (Wildman–Crippen LogP) is -2.06. The van der Waals surface area contributed by atoms with Gasteiger partial charge in [0.1, 0.15) is 0 Å². The number of hydrogen-bond donors (Lipinski definition) is 3. The highest BCUT2D eigenvalue weighted by Crippen LogP contribution is 1.82. The van der Waals surface area contributed by atoms with Crippen LogP contribution < -0.4 is 11.2 Å². The van der Waals surface area contributed by atoms with Gasteiger partial charge in [-0.1, -0.05) is 0 Å². The zero-order valence-electron chi connectivity index (χ0n) is 6.42. The summed E-state index contributed by atoms with van der Waals surface area (Å²) in [6.45, 7) is 1.08. The molecule has 0 aliphatic carbocycles. The monoisotopic (exact) mass is 191 g/mol. The summed E-state index contributed by atoms with van der Waals surface area (Å²) in [7, 11) is -1.44. The third kappa shape index (κ3) is 2.82. The lowest BCUT2D eigenvalue weighted by Gasteiger charge is -1.94. The van der Waals surface area contributed by atoms with Crippen LogP contribution >= 0.6 is 12.4 Å². The Bertz CT molecular complexity index is 230. The molecule has 0 aromatic carbocycles. The van der Waals surface area contributed by atoms with Gasteiger partial charge in [-0.2, -0.15) is 5.10 Å². The normalized spacial score (nSPS) is 9.25. The molecule has 4 N–H and O–H groups in total. The van der Waals surface area contributed by atoms with Crippen LogP contribution in [-0.4, -0.2) is 33.5 Å². The van der Waals surface area contributed by atoms with Gasteiger partial charge in [-0.05, 0) is 0 Å². The molecule has 0 aliphatic rings. The molecule has 0 bridgehead atoms. The van der Waals surface area contributed by atoms with Crippen molar-refractivity contribution in [1.82, 2.24) is 9.78 Å². The zero-order valence-corrected chi connectivity index (χ0v) is 7.24. The lowest BCUT2D eigenvalue weighted by atomic mass is 9.83. The molecule has 0 saturated heterocycles. The van der Waals surface area contributed by atoms with E-state index in [-0.39, 0.29) is 12.4 Å². The Kier molecular flexibility index (Phi) is 4.92. The van der Waals surface area contributed by atoms with E-state index in [0.717, 1.165) is 0 Å². The van der Waals surface area contributed by atoms with Crippen LogP contribution in [0.5, 0.6) is 0 Å². The molecule has 0 aliphatic heterocycles. The van der Waals surface area contributed by atoms with Crippen LogP contribution in [-0.2, 0) is 6.54 Å². The Morgan fingerprint density at radius 1 is 1.58 bits per heavy atom. The van der Waals surface area contributed by atoms with Gasteiger partial charge in [-0.15, -0.1) is 12.4 Å². The fourth-order valence-corrected chi connectivity index (χ4v) is 0.767. The summed E-state index contributed by atoms with van der Waals surface area (Å²) >= 11 is 0. The molecule has 7 heteroatoms. The molecule has 0 atom stereocenters. The van der Waals surface area contributed by atoms with Crippen molar-refractivity contribution in [2.45, 2.75) is 6.54 Å². The van der Waals surface area contributed by atoms with E-state index < -0.39 is 7.12 Å². The second-order valence-electron chi connectivity index (χ2n) is 2.20. The number of hydrogen-bond acceptors (Lipinski definition) is 4. The van der Waals surface area contributed by atoms with Crippen molar-refractivity contribution in [3.8, 4) is 0 Å².